The Balaban J connectivity index is 1.39. The van der Waals surface area contributed by atoms with Gasteiger partial charge in [-0.2, -0.15) is 0 Å². The molecule has 9 heteroatoms. The minimum absolute atomic E-state index is 0.0963. The zero-order valence-electron chi connectivity index (χ0n) is 19.7. The maximum Gasteiger partial charge on any atom is 0.264 e. The first-order valence-electron chi connectivity index (χ1n) is 11.4. The van der Waals surface area contributed by atoms with Crippen molar-refractivity contribution in [3.05, 3.63) is 125 Å². The smallest absolute Gasteiger partial charge is 0.264 e. The van der Waals surface area contributed by atoms with Crippen LogP contribution in [0.3, 0.4) is 0 Å². The molecule has 4 rings (SSSR count). The topological polar surface area (TPSA) is 75.7 Å². The molecule has 6 nitrogen and oxygen atoms in total. The minimum Gasteiger partial charge on any atom is -0.489 e. The van der Waals surface area contributed by atoms with Crippen molar-refractivity contribution in [3.8, 4) is 5.75 Å². The quantitative estimate of drug-likeness (QED) is 0.261. The summed E-state index contributed by atoms with van der Waals surface area (Å²) in [6.07, 6.45) is 0. The number of hydrogen-bond acceptors (Lipinski definition) is 4. The molecule has 0 saturated carbocycles. The van der Waals surface area contributed by atoms with Crippen molar-refractivity contribution in [2.75, 3.05) is 10.8 Å². The molecule has 0 aromatic heterocycles. The third kappa shape index (κ3) is 7.18. The molecular formula is C28H24BrFN2O4S. The lowest BCUT2D eigenvalue weighted by molar-refractivity contribution is -0.119. The van der Waals surface area contributed by atoms with E-state index in [2.05, 4.69) is 21.2 Å². The second-order valence-electron chi connectivity index (χ2n) is 8.14. The molecule has 0 unspecified atom stereocenters. The first-order chi connectivity index (χ1) is 17.8. The highest BCUT2D eigenvalue weighted by molar-refractivity contribution is 9.10. The summed E-state index contributed by atoms with van der Waals surface area (Å²) in [7, 11) is -3.97. The van der Waals surface area contributed by atoms with Crippen LogP contribution >= 0.6 is 15.9 Å². The Labute approximate surface area is 223 Å². The van der Waals surface area contributed by atoms with E-state index >= 15 is 0 Å². The van der Waals surface area contributed by atoms with Crippen molar-refractivity contribution < 1.29 is 22.3 Å². The number of sulfonamides is 1. The number of carbonyl (C=O) groups is 1. The average Bonchev–Trinajstić information content (AvgIpc) is 2.91. The summed E-state index contributed by atoms with van der Waals surface area (Å²) in [5.41, 5.74) is 2.04. The molecule has 0 aliphatic carbocycles. The molecule has 4 aromatic rings. The van der Waals surface area contributed by atoms with Crippen LogP contribution in [0, 0.1) is 5.82 Å². The minimum atomic E-state index is -3.97. The molecule has 37 heavy (non-hydrogen) atoms. The Morgan fingerprint density at radius 3 is 2.22 bits per heavy atom. The highest BCUT2D eigenvalue weighted by Crippen LogP contribution is 2.26. The van der Waals surface area contributed by atoms with Gasteiger partial charge >= 0.3 is 0 Å². The maximum absolute atomic E-state index is 13.4. The van der Waals surface area contributed by atoms with Crippen LogP contribution in [0.5, 0.6) is 5.75 Å². The lowest BCUT2D eigenvalue weighted by Crippen LogP contribution is -2.40. The van der Waals surface area contributed by atoms with Gasteiger partial charge in [-0.05, 0) is 65.7 Å². The second kappa shape index (κ2) is 12.0. The van der Waals surface area contributed by atoms with E-state index in [-0.39, 0.29) is 23.8 Å². The molecule has 0 heterocycles. The van der Waals surface area contributed by atoms with Gasteiger partial charge in [0.05, 0.1) is 10.6 Å². The fourth-order valence-electron chi connectivity index (χ4n) is 3.50. The number of carbonyl (C=O) groups excluding carboxylic acids is 1. The van der Waals surface area contributed by atoms with Gasteiger partial charge in [-0.15, -0.1) is 0 Å². The van der Waals surface area contributed by atoms with Crippen LogP contribution in [0.1, 0.15) is 11.1 Å². The van der Waals surface area contributed by atoms with Crippen LogP contribution in [0.4, 0.5) is 10.1 Å². The van der Waals surface area contributed by atoms with Crippen LogP contribution in [0.15, 0.2) is 112 Å². The molecule has 190 valence electrons. The third-order valence-corrected chi connectivity index (χ3v) is 7.73. The van der Waals surface area contributed by atoms with Crippen LogP contribution in [0.25, 0.3) is 0 Å². The van der Waals surface area contributed by atoms with E-state index in [1.165, 1.54) is 24.3 Å². The summed E-state index contributed by atoms with van der Waals surface area (Å²) in [5, 5.41) is 2.79. The molecule has 0 radical (unpaired) electrons. The summed E-state index contributed by atoms with van der Waals surface area (Å²) in [4.78, 5) is 12.9. The largest absolute Gasteiger partial charge is 0.489 e. The Hall–Kier alpha value is -3.69. The van der Waals surface area contributed by atoms with E-state index in [1.54, 1.807) is 66.7 Å². The maximum atomic E-state index is 13.4. The number of ether oxygens (including phenoxy) is 1. The van der Waals surface area contributed by atoms with Crippen LogP contribution in [-0.2, 0) is 28.0 Å². The average molecular weight is 583 g/mol. The van der Waals surface area contributed by atoms with E-state index in [0.29, 0.717) is 22.5 Å². The van der Waals surface area contributed by atoms with E-state index < -0.39 is 15.9 Å². The number of amides is 1. The van der Waals surface area contributed by atoms with Gasteiger partial charge < -0.3 is 10.1 Å². The van der Waals surface area contributed by atoms with Gasteiger partial charge in [0.1, 0.15) is 24.7 Å². The van der Waals surface area contributed by atoms with Crippen molar-refractivity contribution in [3.63, 3.8) is 0 Å². The molecule has 0 bridgehead atoms. The molecule has 4 aromatic carbocycles. The van der Waals surface area contributed by atoms with Gasteiger partial charge in [0.15, 0.2) is 0 Å². The first-order valence-corrected chi connectivity index (χ1v) is 13.6. The fraction of sp³-hybridized carbons (Fsp3) is 0.107. The molecule has 0 spiro atoms. The number of hydrogen-bond donors (Lipinski definition) is 1. The lowest BCUT2D eigenvalue weighted by atomic mass is 10.2. The summed E-state index contributed by atoms with van der Waals surface area (Å²) in [5.74, 6) is -0.113. The van der Waals surface area contributed by atoms with Gasteiger partial charge in [-0.3, -0.25) is 9.10 Å². The van der Waals surface area contributed by atoms with Crippen LogP contribution in [-0.4, -0.2) is 20.9 Å². The molecule has 0 aliphatic heterocycles. The van der Waals surface area contributed by atoms with E-state index in [4.69, 9.17) is 4.74 Å². The molecule has 0 fully saturated rings. The Morgan fingerprint density at radius 2 is 1.54 bits per heavy atom. The first kappa shape index (κ1) is 26.4. The van der Waals surface area contributed by atoms with E-state index in [1.807, 2.05) is 12.1 Å². The van der Waals surface area contributed by atoms with Crippen molar-refractivity contribution in [1.29, 1.82) is 0 Å². The normalized spacial score (nSPS) is 11.1. The number of benzene rings is 4. The summed E-state index contributed by atoms with van der Waals surface area (Å²) in [6, 6.07) is 28.1. The predicted molar refractivity (Wildman–Crippen MR) is 144 cm³/mol. The highest BCUT2D eigenvalue weighted by atomic mass is 79.9. The lowest BCUT2D eigenvalue weighted by Gasteiger charge is -2.24. The van der Waals surface area contributed by atoms with Crippen molar-refractivity contribution in [1.82, 2.24) is 5.32 Å². The number of anilines is 1. The predicted octanol–water partition coefficient (Wildman–Crippen LogP) is 5.68. The van der Waals surface area contributed by atoms with Crippen molar-refractivity contribution in [2.45, 2.75) is 18.0 Å². The number of nitrogens with zero attached hydrogens (tertiary/aromatic N) is 1. The Morgan fingerprint density at radius 1 is 0.865 bits per heavy atom. The van der Waals surface area contributed by atoms with Crippen LogP contribution in [0.2, 0.25) is 0 Å². The zero-order chi connectivity index (χ0) is 26.3. The molecule has 0 atom stereocenters. The molecule has 1 N–H and O–H groups in total. The molecule has 0 saturated heterocycles. The fourth-order valence-corrected chi connectivity index (χ4v) is 5.32. The summed E-state index contributed by atoms with van der Waals surface area (Å²) >= 11 is 3.37. The van der Waals surface area contributed by atoms with Gasteiger partial charge in [-0.25, -0.2) is 12.8 Å². The van der Waals surface area contributed by atoms with Crippen molar-refractivity contribution in [2.24, 2.45) is 0 Å². The Bertz CT molecular complexity index is 1450. The van der Waals surface area contributed by atoms with E-state index in [9.17, 15) is 17.6 Å². The van der Waals surface area contributed by atoms with Gasteiger partial charge in [0.25, 0.3) is 10.0 Å². The molecule has 1 amide bonds. The SMILES string of the molecule is O=C(CN(c1cccc(Br)c1)S(=O)(=O)c1ccccc1)NCc1ccc(OCc2ccc(F)cc2)cc1. The van der Waals surface area contributed by atoms with Gasteiger partial charge in [0.2, 0.25) is 5.91 Å². The second-order valence-corrected chi connectivity index (χ2v) is 10.9. The number of nitrogens with one attached hydrogen (secondary N) is 1. The monoisotopic (exact) mass is 582 g/mol. The van der Waals surface area contributed by atoms with Crippen molar-refractivity contribution >= 4 is 37.5 Å². The van der Waals surface area contributed by atoms with Gasteiger partial charge in [0, 0.05) is 11.0 Å². The summed E-state index contributed by atoms with van der Waals surface area (Å²) < 4.78 is 47.3. The van der Waals surface area contributed by atoms with E-state index in [0.717, 1.165) is 15.4 Å². The number of rotatable bonds is 10. The highest BCUT2D eigenvalue weighted by Gasteiger charge is 2.27. The van der Waals surface area contributed by atoms with Gasteiger partial charge in [-0.1, -0.05) is 64.5 Å². The number of halogens is 2. The third-order valence-electron chi connectivity index (χ3n) is 5.45. The van der Waals surface area contributed by atoms with Crippen LogP contribution < -0.4 is 14.4 Å². The Kier molecular flexibility index (Phi) is 8.58. The zero-order valence-corrected chi connectivity index (χ0v) is 22.1. The molecular weight excluding hydrogens is 559 g/mol. The standard InChI is InChI=1S/C28H24BrFN2O4S/c29-23-5-4-6-25(17-23)32(37(34,35)27-7-2-1-3-8-27)19-28(33)31-18-21-11-15-26(16-12-21)36-20-22-9-13-24(30)14-10-22/h1-17H,18-20H2,(H,31,33). The summed E-state index contributed by atoms with van der Waals surface area (Å²) in [6.45, 7) is 0.138. The molecule has 0 aliphatic rings.